The number of aromatic nitrogens is 2. The second kappa shape index (κ2) is 8.36. The molecule has 0 aliphatic carbocycles. The van der Waals surface area contributed by atoms with Crippen molar-refractivity contribution in [2.75, 3.05) is 0 Å². The third-order valence-electron chi connectivity index (χ3n) is 1.54. The molecule has 1 heterocycles. The minimum absolute atomic E-state index is 0.853. The van der Waals surface area contributed by atoms with Gasteiger partial charge in [-0.1, -0.05) is 39.0 Å². The maximum atomic E-state index is 4.34. The van der Waals surface area contributed by atoms with Crippen molar-refractivity contribution in [3.63, 3.8) is 0 Å². The molecular formula is C12H20N2S. The smallest absolute Gasteiger partial charge is 0.143 e. The van der Waals surface area contributed by atoms with E-state index in [1.165, 1.54) is 17.1 Å². The quantitative estimate of drug-likeness (QED) is 0.718. The molecular weight excluding hydrogens is 204 g/mol. The van der Waals surface area contributed by atoms with Gasteiger partial charge in [-0.25, -0.2) is 4.98 Å². The Morgan fingerprint density at radius 2 is 2.07 bits per heavy atom. The van der Waals surface area contributed by atoms with Gasteiger partial charge >= 0.3 is 0 Å². The van der Waals surface area contributed by atoms with Crippen LogP contribution in [-0.4, -0.2) is 9.36 Å². The Labute approximate surface area is 96.9 Å². The van der Waals surface area contributed by atoms with Gasteiger partial charge in [0.15, 0.2) is 0 Å². The average Bonchev–Trinajstić information content (AvgIpc) is 2.68. The van der Waals surface area contributed by atoms with E-state index in [4.69, 9.17) is 0 Å². The Balaban J connectivity index is 0.000000921. The Hall–Kier alpha value is -0.960. The van der Waals surface area contributed by atoms with Crippen molar-refractivity contribution in [2.45, 2.75) is 41.0 Å². The van der Waals surface area contributed by atoms with Gasteiger partial charge in [-0.3, -0.25) is 0 Å². The Morgan fingerprint density at radius 3 is 2.47 bits per heavy atom. The molecule has 0 bridgehead atoms. The standard InChI is InChI=1S/C10H14N2S.C2H6/c1-4-6-9(7-5-2)10-11-8(3)12-13-10;1-2/h4,6-7H,5H2,1-3H3;1-2H3/b6-4-,9-7+;. The summed E-state index contributed by atoms with van der Waals surface area (Å²) in [5.74, 6) is 0.853. The number of hydrogen-bond donors (Lipinski definition) is 0. The average molecular weight is 224 g/mol. The summed E-state index contributed by atoms with van der Waals surface area (Å²) in [5, 5.41) is 1.01. The summed E-state index contributed by atoms with van der Waals surface area (Å²) >= 11 is 1.46. The second-order valence-electron chi connectivity index (χ2n) is 2.71. The van der Waals surface area contributed by atoms with Gasteiger partial charge in [-0.15, -0.1) is 0 Å². The molecule has 0 unspecified atom stereocenters. The third-order valence-corrected chi connectivity index (χ3v) is 2.40. The highest BCUT2D eigenvalue weighted by molar-refractivity contribution is 7.06. The summed E-state index contributed by atoms with van der Waals surface area (Å²) < 4.78 is 4.16. The minimum atomic E-state index is 0.853. The Morgan fingerprint density at radius 1 is 1.40 bits per heavy atom. The molecule has 15 heavy (non-hydrogen) atoms. The largest absolute Gasteiger partial charge is 0.220 e. The number of allylic oxidation sites excluding steroid dienone is 4. The fraction of sp³-hybridized carbons (Fsp3) is 0.500. The summed E-state index contributed by atoms with van der Waals surface area (Å²) in [4.78, 5) is 4.34. The molecule has 0 saturated heterocycles. The van der Waals surface area contributed by atoms with E-state index in [0.717, 1.165) is 17.3 Å². The van der Waals surface area contributed by atoms with Gasteiger partial charge in [0.2, 0.25) is 0 Å². The first-order chi connectivity index (χ1) is 7.27. The number of hydrogen-bond acceptors (Lipinski definition) is 3. The van der Waals surface area contributed by atoms with Crippen LogP contribution in [0.5, 0.6) is 0 Å². The fourth-order valence-electron chi connectivity index (χ4n) is 1.04. The summed E-state index contributed by atoms with van der Waals surface area (Å²) in [6.07, 6.45) is 7.29. The fourth-order valence-corrected chi connectivity index (χ4v) is 1.73. The highest BCUT2D eigenvalue weighted by Gasteiger charge is 2.02. The predicted octanol–water partition coefficient (Wildman–Crippen LogP) is 4.24. The lowest BCUT2D eigenvalue weighted by Gasteiger charge is -1.93. The van der Waals surface area contributed by atoms with Crippen LogP contribution in [0.25, 0.3) is 5.57 Å². The first-order valence-electron chi connectivity index (χ1n) is 5.41. The van der Waals surface area contributed by atoms with Crippen molar-refractivity contribution in [2.24, 2.45) is 0 Å². The number of aryl methyl sites for hydroxylation is 1. The van der Waals surface area contributed by atoms with Crippen LogP contribution in [0.4, 0.5) is 0 Å². The molecule has 1 aromatic heterocycles. The second-order valence-corrected chi connectivity index (χ2v) is 3.47. The summed E-state index contributed by atoms with van der Waals surface area (Å²) in [6, 6.07) is 0. The normalized spacial score (nSPS) is 11.4. The van der Waals surface area contributed by atoms with Gasteiger partial charge in [0.05, 0.1) is 0 Å². The summed E-state index contributed by atoms with van der Waals surface area (Å²) in [5.41, 5.74) is 1.18. The molecule has 84 valence electrons. The van der Waals surface area contributed by atoms with E-state index in [0.29, 0.717) is 0 Å². The Kier molecular flexibility index (Phi) is 7.82. The highest BCUT2D eigenvalue weighted by Crippen LogP contribution is 2.18. The van der Waals surface area contributed by atoms with Crippen molar-refractivity contribution in [1.29, 1.82) is 0 Å². The molecule has 0 aliphatic heterocycles. The van der Waals surface area contributed by atoms with Gasteiger partial charge in [0.25, 0.3) is 0 Å². The first kappa shape index (κ1) is 14.0. The van der Waals surface area contributed by atoms with Crippen molar-refractivity contribution in [3.8, 4) is 0 Å². The van der Waals surface area contributed by atoms with Crippen LogP contribution in [0.15, 0.2) is 18.2 Å². The molecule has 0 spiro atoms. The van der Waals surface area contributed by atoms with E-state index < -0.39 is 0 Å². The zero-order valence-corrected chi connectivity index (χ0v) is 11.1. The van der Waals surface area contributed by atoms with Crippen LogP contribution in [0.2, 0.25) is 0 Å². The van der Waals surface area contributed by atoms with Crippen LogP contribution >= 0.6 is 11.5 Å². The maximum absolute atomic E-state index is 4.34. The van der Waals surface area contributed by atoms with E-state index in [9.17, 15) is 0 Å². The summed E-state index contributed by atoms with van der Waals surface area (Å²) in [6.45, 7) is 10.0. The molecule has 0 radical (unpaired) electrons. The third kappa shape index (κ3) is 4.88. The topological polar surface area (TPSA) is 25.8 Å². The molecule has 0 amide bonds. The van der Waals surface area contributed by atoms with Crippen LogP contribution < -0.4 is 0 Å². The van der Waals surface area contributed by atoms with Gasteiger partial charge in [-0.05, 0) is 31.8 Å². The Bertz CT molecular complexity index is 324. The first-order valence-corrected chi connectivity index (χ1v) is 6.18. The van der Waals surface area contributed by atoms with Gasteiger partial charge in [0.1, 0.15) is 10.8 Å². The lowest BCUT2D eigenvalue weighted by molar-refractivity contribution is 1.15. The molecule has 1 rings (SSSR count). The van der Waals surface area contributed by atoms with Crippen molar-refractivity contribution in [3.05, 3.63) is 29.1 Å². The van der Waals surface area contributed by atoms with Crippen LogP contribution in [0, 0.1) is 6.92 Å². The van der Waals surface area contributed by atoms with Crippen molar-refractivity contribution in [1.82, 2.24) is 9.36 Å². The lowest BCUT2D eigenvalue weighted by atomic mass is 10.2. The van der Waals surface area contributed by atoms with Crippen LogP contribution in [-0.2, 0) is 0 Å². The van der Waals surface area contributed by atoms with E-state index in [1.54, 1.807) is 0 Å². The van der Waals surface area contributed by atoms with Gasteiger partial charge in [0, 0.05) is 5.57 Å². The molecule has 0 saturated carbocycles. The number of nitrogens with zero attached hydrogens (tertiary/aromatic N) is 2. The predicted molar refractivity (Wildman–Crippen MR) is 69.1 cm³/mol. The van der Waals surface area contributed by atoms with Gasteiger partial charge in [-0.2, -0.15) is 4.37 Å². The molecule has 0 aliphatic rings. The molecule has 3 heteroatoms. The molecule has 0 N–H and O–H groups in total. The monoisotopic (exact) mass is 224 g/mol. The minimum Gasteiger partial charge on any atom is -0.220 e. The van der Waals surface area contributed by atoms with Gasteiger partial charge < -0.3 is 0 Å². The summed E-state index contributed by atoms with van der Waals surface area (Å²) in [7, 11) is 0. The SMILES string of the molecule is C/C=C\C(=C/CC)c1nc(C)ns1.CC. The maximum Gasteiger partial charge on any atom is 0.143 e. The lowest BCUT2D eigenvalue weighted by Crippen LogP contribution is -1.80. The van der Waals surface area contributed by atoms with Crippen LogP contribution in [0.1, 0.15) is 44.9 Å². The molecule has 2 nitrogen and oxygen atoms in total. The zero-order chi connectivity index (χ0) is 11.7. The van der Waals surface area contributed by atoms with E-state index in [-0.39, 0.29) is 0 Å². The highest BCUT2D eigenvalue weighted by atomic mass is 32.1. The van der Waals surface area contributed by atoms with Crippen molar-refractivity contribution < 1.29 is 0 Å². The molecule has 0 aromatic carbocycles. The van der Waals surface area contributed by atoms with Crippen LogP contribution in [0.3, 0.4) is 0 Å². The molecule has 0 fully saturated rings. The molecule has 1 aromatic rings. The zero-order valence-electron chi connectivity index (χ0n) is 10.2. The molecule has 0 atom stereocenters. The van der Waals surface area contributed by atoms with E-state index >= 15 is 0 Å². The van der Waals surface area contributed by atoms with Crippen molar-refractivity contribution >= 4 is 17.1 Å². The number of rotatable bonds is 3. The van der Waals surface area contributed by atoms with E-state index in [2.05, 4.69) is 28.4 Å². The van der Waals surface area contributed by atoms with E-state index in [1.807, 2.05) is 33.8 Å².